The Morgan fingerprint density at radius 2 is 2.12 bits per heavy atom. The van der Waals surface area contributed by atoms with Crippen LogP contribution >= 0.6 is 0 Å². The maximum Gasteiger partial charge on any atom is 0.317 e. The van der Waals surface area contributed by atoms with E-state index < -0.39 is 0 Å². The maximum absolute atomic E-state index is 12.0. The summed E-state index contributed by atoms with van der Waals surface area (Å²) < 4.78 is 0. The molecule has 0 aromatic heterocycles. The summed E-state index contributed by atoms with van der Waals surface area (Å²) in [7, 11) is 0. The fourth-order valence-corrected chi connectivity index (χ4v) is 2.29. The molecular weight excluding hydrogens is 216 g/mol. The fourth-order valence-electron chi connectivity index (χ4n) is 2.29. The van der Waals surface area contributed by atoms with Crippen molar-refractivity contribution in [1.82, 2.24) is 10.2 Å². The molecule has 0 radical (unpaired) electrons. The molecule has 0 aliphatic carbocycles. The number of hydrogen-bond acceptors (Lipinski definition) is 2. The number of Topliss-reactive ketones (excluding diaryl/α,β-unsaturated/α-hetero) is 1. The highest BCUT2D eigenvalue weighted by atomic mass is 16.2. The molecule has 1 unspecified atom stereocenters. The van der Waals surface area contributed by atoms with Crippen molar-refractivity contribution < 1.29 is 9.59 Å². The van der Waals surface area contributed by atoms with Gasteiger partial charge < -0.3 is 10.2 Å². The maximum atomic E-state index is 12.0. The largest absolute Gasteiger partial charge is 0.338 e. The predicted molar refractivity (Wildman–Crippen MR) is 67.9 cm³/mol. The van der Waals surface area contributed by atoms with Crippen molar-refractivity contribution in [3.8, 4) is 0 Å². The number of ketones is 1. The summed E-state index contributed by atoms with van der Waals surface area (Å²) >= 11 is 0. The van der Waals surface area contributed by atoms with Crippen LogP contribution in [-0.2, 0) is 4.79 Å². The van der Waals surface area contributed by atoms with Crippen LogP contribution in [0.5, 0.6) is 0 Å². The lowest BCUT2D eigenvalue weighted by molar-refractivity contribution is -0.118. The first-order valence-electron chi connectivity index (χ1n) is 6.69. The zero-order valence-corrected chi connectivity index (χ0v) is 11.0. The lowest BCUT2D eigenvalue weighted by Gasteiger charge is -2.35. The second kappa shape index (κ2) is 7.30. The zero-order chi connectivity index (χ0) is 12.7. The molecule has 1 N–H and O–H groups in total. The van der Waals surface area contributed by atoms with Crippen LogP contribution in [0, 0.1) is 0 Å². The molecule has 1 fully saturated rings. The minimum Gasteiger partial charge on any atom is -0.338 e. The van der Waals surface area contributed by atoms with E-state index in [4.69, 9.17) is 0 Å². The van der Waals surface area contributed by atoms with Crippen LogP contribution in [0.3, 0.4) is 0 Å². The molecule has 0 aromatic carbocycles. The van der Waals surface area contributed by atoms with Gasteiger partial charge in [0.25, 0.3) is 0 Å². The van der Waals surface area contributed by atoms with Crippen molar-refractivity contribution in [3.05, 3.63) is 0 Å². The van der Waals surface area contributed by atoms with Crippen LogP contribution in [-0.4, -0.2) is 35.8 Å². The third-order valence-corrected chi connectivity index (χ3v) is 3.22. The van der Waals surface area contributed by atoms with Gasteiger partial charge in [-0.1, -0.05) is 13.3 Å². The smallest absolute Gasteiger partial charge is 0.317 e. The quantitative estimate of drug-likeness (QED) is 0.750. The van der Waals surface area contributed by atoms with Gasteiger partial charge in [0.05, 0.1) is 0 Å². The minimum absolute atomic E-state index is 0.00407. The molecular formula is C13H24N2O2. The topological polar surface area (TPSA) is 49.4 Å². The van der Waals surface area contributed by atoms with Gasteiger partial charge >= 0.3 is 6.03 Å². The van der Waals surface area contributed by atoms with Gasteiger partial charge in [-0.15, -0.1) is 0 Å². The van der Waals surface area contributed by atoms with Crippen LogP contribution in [0.1, 0.15) is 52.4 Å². The van der Waals surface area contributed by atoms with E-state index in [2.05, 4.69) is 12.2 Å². The number of piperidine rings is 1. The number of unbranched alkanes of at least 4 members (excludes halogenated alkanes) is 1. The summed E-state index contributed by atoms with van der Waals surface area (Å²) in [5.74, 6) is 0.170. The van der Waals surface area contributed by atoms with Gasteiger partial charge in [0.1, 0.15) is 5.78 Å². The Morgan fingerprint density at radius 3 is 2.76 bits per heavy atom. The zero-order valence-electron chi connectivity index (χ0n) is 11.0. The number of likely N-dealkylation sites (tertiary alicyclic amines) is 1. The molecule has 1 aliphatic rings. The van der Waals surface area contributed by atoms with Crippen molar-refractivity contribution in [3.63, 3.8) is 0 Å². The summed E-state index contributed by atoms with van der Waals surface area (Å²) in [5, 5.41) is 2.93. The molecule has 1 aliphatic heterocycles. The molecule has 2 amide bonds. The monoisotopic (exact) mass is 240 g/mol. The molecule has 4 heteroatoms. The standard InChI is InChI=1S/C13H24N2O2/c1-3-4-8-14-13(17)15-9-6-5-7-12(15)10-11(2)16/h12H,3-10H2,1-2H3,(H,14,17). The molecule has 0 bridgehead atoms. The average Bonchev–Trinajstić information content (AvgIpc) is 2.29. The Labute approximate surface area is 104 Å². The minimum atomic E-state index is 0.00407. The molecule has 0 aromatic rings. The Balaban J connectivity index is 2.45. The van der Waals surface area contributed by atoms with E-state index in [-0.39, 0.29) is 17.9 Å². The lowest BCUT2D eigenvalue weighted by Crippen LogP contribution is -2.49. The number of carbonyl (C=O) groups excluding carboxylic acids is 2. The van der Waals surface area contributed by atoms with Crippen molar-refractivity contribution >= 4 is 11.8 Å². The van der Waals surface area contributed by atoms with Crippen LogP contribution in [0.25, 0.3) is 0 Å². The number of nitrogens with one attached hydrogen (secondary N) is 1. The molecule has 17 heavy (non-hydrogen) atoms. The SMILES string of the molecule is CCCCNC(=O)N1CCCCC1CC(C)=O. The van der Waals surface area contributed by atoms with Crippen LogP contribution in [0.4, 0.5) is 4.79 Å². The summed E-state index contributed by atoms with van der Waals surface area (Å²) in [4.78, 5) is 25.0. The predicted octanol–water partition coefficient (Wildman–Crippen LogP) is 2.33. The molecule has 1 heterocycles. The number of nitrogens with zero attached hydrogens (tertiary/aromatic N) is 1. The third-order valence-electron chi connectivity index (χ3n) is 3.22. The lowest BCUT2D eigenvalue weighted by atomic mass is 9.98. The first kappa shape index (κ1) is 14.0. The summed E-state index contributed by atoms with van der Waals surface area (Å²) in [6.07, 6.45) is 5.72. The third kappa shape index (κ3) is 4.75. The van der Waals surface area contributed by atoms with Crippen molar-refractivity contribution in [1.29, 1.82) is 0 Å². The van der Waals surface area contributed by atoms with E-state index in [1.165, 1.54) is 0 Å². The van der Waals surface area contributed by atoms with Crippen molar-refractivity contribution in [2.75, 3.05) is 13.1 Å². The molecule has 1 atom stereocenters. The second-order valence-electron chi connectivity index (χ2n) is 4.83. The highest BCUT2D eigenvalue weighted by molar-refractivity contribution is 5.78. The number of carbonyl (C=O) groups is 2. The average molecular weight is 240 g/mol. The Morgan fingerprint density at radius 1 is 1.35 bits per heavy atom. The van der Waals surface area contributed by atoms with Crippen LogP contribution < -0.4 is 5.32 Å². The van der Waals surface area contributed by atoms with E-state index in [0.717, 1.165) is 45.2 Å². The summed E-state index contributed by atoms with van der Waals surface area (Å²) in [5.41, 5.74) is 0. The van der Waals surface area contributed by atoms with E-state index in [9.17, 15) is 9.59 Å². The first-order chi connectivity index (χ1) is 8.15. The van der Waals surface area contributed by atoms with E-state index in [1.54, 1.807) is 6.92 Å². The van der Waals surface area contributed by atoms with Crippen molar-refractivity contribution in [2.24, 2.45) is 0 Å². The van der Waals surface area contributed by atoms with Gasteiger partial charge in [0, 0.05) is 25.6 Å². The molecule has 98 valence electrons. The second-order valence-corrected chi connectivity index (χ2v) is 4.83. The molecule has 0 spiro atoms. The number of hydrogen-bond donors (Lipinski definition) is 1. The Bertz CT molecular complexity index is 266. The van der Waals surface area contributed by atoms with Gasteiger partial charge in [-0.3, -0.25) is 4.79 Å². The van der Waals surface area contributed by atoms with Gasteiger partial charge in [0.15, 0.2) is 0 Å². The summed E-state index contributed by atoms with van der Waals surface area (Å²) in [6.45, 7) is 5.22. The van der Waals surface area contributed by atoms with Crippen LogP contribution in [0.15, 0.2) is 0 Å². The number of amides is 2. The number of urea groups is 1. The molecule has 0 saturated carbocycles. The molecule has 4 nitrogen and oxygen atoms in total. The molecule has 1 rings (SSSR count). The normalized spacial score (nSPS) is 20.1. The number of rotatable bonds is 5. The van der Waals surface area contributed by atoms with Gasteiger partial charge in [-0.05, 0) is 32.6 Å². The fraction of sp³-hybridized carbons (Fsp3) is 0.846. The van der Waals surface area contributed by atoms with Gasteiger partial charge in [-0.2, -0.15) is 0 Å². The highest BCUT2D eigenvalue weighted by Gasteiger charge is 2.27. The Kier molecular flexibility index (Phi) is 6.01. The van der Waals surface area contributed by atoms with E-state index in [1.807, 2.05) is 4.90 Å². The summed E-state index contributed by atoms with van der Waals surface area (Å²) in [6, 6.07) is 0.118. The molecule has 1 saturated heterocycles. The van der Waals surface area contributed by atoms with Gasteiger partial charge in [-0.25, -0.2) is 4.79 Å². The van der Waals surface area contributed by atoms with E-state index >= 15 is 0 Å². The van der Waals surface area contributed by atoms with Crippen LogP contribution in [0.2, 0.25) is 0 Å². The van der Waals surface area contributed by atoms with Crippen molar-refractivity contribution in [2.45, 2.75) is 58.4 Å². The Hall–Kier alpha value is -1.06. The van der Waals surface area contributed by atoms with Gasteiger partial charge in [0.2, 0.25) is 0 Å². The highest BCUT2D eigenvalue weighted by Crippen LogP contribution is 2.19. The first-order valence-corrected chi connectivity index (χ1v) is 6.69. The van der Waals surface area contributed by atoms with E-state index in [0.29, 0.717) is 6.42 Å².